The van der Waals surface area contributed by atoms with Gasteiger partial charge in [0, 0.05) is 38.1 Å². The normalized spacial score (nSPS) is 13.8. The minimum Gasteiger partial charge on any atom is -0.480 e. The van der Waals surface area contributed by atoms with Gasteiger partial charge in [0.25, 0.3) is 5.91 Å². The molecule has 0 radical (unpaired) electrons. The predicted octanol–water partition coefficient (Wildman–Crippen LogP) is 2.46. The Balaban J connectivity index is 1.37. The van der Waals surface area contributed by atoms with Crippen molar-refractivity contribution in [1.29, 1.82) is 0 Å². The number of ether oxygens (including phenoxy) is 1. The molecule has 29 heavy (non-hydrogen) atoms. The lowest BCUT2D eigenvalue weighted by atomic mass is 10.2. The summed E-state index contributed by atoms with van der Waals surface area (Å²) < 4.78 is 5.13. The second kappa shape index (κ2) is 8.55. The van der Waals surface area contributed by atoms with Crippen molar-refractivity contribution in [2.24, 2.45) is 0 Å². The molecule has 0 bridgehead atoms. The van der Waals surface area contributed by atoms with Crippen LogP contribution in [-0.4, -0.2) is 54.1 Å². The van der Waals surface area contributed by atoms with E-state index in [1.165, 1.54) is 12.8 Å². The molecular weight excluding hydrogens is 368 g/mol. The van der Waals surface area contributed by atoms with Crippen molar-refractivity contribution in [1.82, 2.24) is 15.0 Å². The Morgan fingerprint density at radius 1 is 0.931 bits per heavy atom. The van der Waals surface area contributed by atoms with Crippen LogP contribution in [-0.2, 0) is 0 Å². The third-order valence-electron chi connectivity index (χ3n) is 4.79. The molecule has 1 aliphatic heterocycles. The highest BCUT2D eigenvalue weighted by Crippen LogP contribution is 2.19. The van der Waals surface area contributed by atoms with Crippen LogP contribution in [0.1, 0.15) is 10.4 Å². The molecular formula is C21H22N6O2. The summed E-state index contributed by atoms with van der Waals surface area (Å²) in [6.45, 7) is 3.50. The summed E-state index contributed by atoms with van der Waals surface area (Å²) >= 11 is 0. The highest BCUT2D eigenvalue weighted by atomic mass is 16.5. The van der Waals surface area contributed by atoms with Gasteiger partial charge < -0.3 is 19.9 Å². The number of hydrogen-bond acceptors (Lipinski definition) is 7. The lowest BCUT2D eigenvalue weighted by Crippen LogP contribution is -2.47. The molecule has 2 aromatic heterocycles. The quantitative estimate of drug-likeness (QED) is 0.716. The number of nitrogens with one attached hydrogen (secondary N) is 1. The number of carbonyl (C=O) groups is 1. The first-order valence-electron chi connectivity index (χ1n) is 9.42. The van der Waals surface area contributed by atoms with E-state index in [1.54, 1.807) is 30.7 Å². The molecule has 4 rings (SSSR count). The lowest BCUT2D eigenvalue weighted by Gasteiger charge is -2.36. The molecule has 0 aliphatic carbocycles. The van der Waals surface area contributed by atoms with E-state index in [4.69, 9.17) is 4.74 Å². The first-order chi connectivity index (χ1) is 14.2. The van der Waals surface area contributed by atoms with Gasteiger partial charge in [-0.15, -0.1) is 0 Å². The molecule has 1 aliphatic rings. The standard InChI is InChI=1S/C21H22N6O2/c1-29-20-18(8-5-9-22-20)19(28)25-16-14-23-21(24-15-16)27-12-10-26(11-13-27)17-6-3-2-4-7-17/h2-9,14-15H,10-13H2,1H3,(H,25,28). The average Bonchev–Trinajstić information content (AvgIpc) is 2.80. The van der Waals surface area contributed by atoms with Gasteiger partial charge in [0.05, 0.1) is 25.2 Å². The van der Waals surface area contributed by atoms with E-state index in [-0.39, 0.29) is 11.8 Å². The first-order valence-corrected chi connectivity index (χ1v) is 9.42. The van der Waals surface area contributed by atoms with Gasteiger partial charge in [-0.1, -0.05) is 18.2 Å². The monoisotopic (exact) mass is 390 g/mol. The summed E-state index contributed by atoms with van der Waals surface area (Å²) in [4.78, 5) is 29.8. The SMILES string of the molecule is COc1ncccc1C(=O)Nc1cnc(N2CCN(c3ccccc3)CC2)nc1. The van der Waals surface area contributed by atoms with Crippen LogP contribution in [0.5, 0.6) is 5.88 Å². The number of carbonyl (C=O) groups excluding carboxylic acids is 1. The minimum absolute atomic E-state index is 0.277. The van der Waals surface area contributed by atoms with Gasteiger partial charge in [0.15, 0.2) is 0 Å². The van der Waals surface area contributed by atoms with Crippen molar-refractivity contribution >= 4 is 23.2 Å². The number of hydrogen-bond donors (Lipinski definition) is 1. The maximum absolute atomic E-state index is 12.4. The van der Waals surface area contributed by atoms with Crippen molar-refractivity contribution in [2.45, 2.75) is 0 Å². The second-order valence-corrected chi connectivity index (χ2v) is 6.60. The number of rotatable bonds is 5. The Morgan fingerprint density at radius 2 is 1.62 bits per heavy atom. The molecule has 0 unspecified atom stereocenters. The van der Waals surface area contributed by atoms with Crippen LogP contribution in [0.2, 0.25) is 0 Å². The number of piperazine rings is 1. The highest BCUT2D eigenvalue weighted by Gasteiger charge is 2.19. The summed E-state index contributed by atoms with van der Waals surface area (Å²) in [6, 6.07) is 13.7. The lowest BCUT2D eigenvalue weighted by molar-refractivity contribution is 0.102. The maximum atomic E-state index is 12.4. The third-order valence-corrected chi connectivity index (χ3v) is 4.79. The van der Waals surface area contributed by atoms with Crippen LogP contribution < -0.4 is 19.9 Å². The van der Waals surface area contributed by atoms with E-state index in [0.717, 1.165) is 26.2 Å². The summed E-state index contributed by atoms with van der Waals surface area (Å²) in [5, 5.41) is 2.78. The van der Waals surface area contributed by atoms with Crippen molar-refractivity contribution < 1.29 is 9.53 Å². The zero-order valence-corrected chi connectivity index (χ0v) is 16.2. The van der Waals surface area contributed by atoms with Gasteiger partial charge >= 0.3 is 0 Å². The van der Waals surface area contributed by atoms with E-state index in [2.05, 4.69) is 54.3 Å². The molecule has 0 saturated carbocycles. The largest absolute Gasteiger partial charge is 0.480 e. The van der Waals surface area contributed by atoms with Crippen LogP contribution in [0.3, 0.4) is 0 Å². The van der Waals surface area contributed by atoms with Crippen LogP contribution in [0.15, 0.2) is 61.1 Å². The molecule has 3 aromatic rings. The number of aromatic nitrogens is 3. The summed E-state index contributed by atoms with van der Waals surface area (Å²) in [7, 11) is 1.48. The fourth-order valence-corrected chi connectivity index (χ4v) is 3.28. The number of methoxy groups -OCH3 is 1. The van der Waals surface area contributed by atoms with Gasteiger partial charge in [-0.2, -0.15) is 0 Å². The van der Waals surface area contributed by atoms with E-state index in [0.29, 0.717) is 17.2 Å². The van der Waals surface area contributed by atoms with Crippen LogP contribution in [0, 0.1) is 0 Å². The average molecular weight is 390 g/mol. The number of pyridine rings is 1. The Kier molecular flexibility index (Phi) is 5.51. The van der Waals surface area contributed by atoms with Gasteiger partial charge in [-0.05, 0) is 24.3 Å². The van der Waals surface area contributed by atoms with Gasteiger partial charge in [-0.3, -0.25) is 4.79 Å². The zero-order chi connectivity index (χ0) is 20.1. The van der Waals surface area contributed by atoms with Gasteiger partial charge in [0.1, 0.15) is 5.56 Å². The van der Waals surface area contributed by atoms with Crippen LogP contribution in [0.4, 0.5) is 17.3 Å². The molecule has 1 N–H and O–H groups in total. The number of para-hydroxylation sites is 1. The number of amides is 1. The minimum atomic E-state index is -0.317. The number of anilines is 3. The Labute approximate surface area is 169 Å². The van der Waals surface area contributed by atoms with Crippen LogP contribution >= 0.6 is 0 Å². The van der Waals surface area contributed by atoms with E-state index < -0.39 is 0 Å². The topological polar surface area (TPSA) is 83.5 Å². The van der Waals surface area contributed by atoms with E-state index in [1.807, 2.05) is 6.07 Å². The second-order valence-electron chi connectivity index (χ2n) is 6.60. The molecule has 148 valence electrons. The summed E-state index contributed by atoms with van der Waals surface area (Å²) in [5.74, 6) is 0.622. The molecule has 1 fully saturated rings. The molecule has 0 spiro atoms. The summed E-state index contributed by atoms with van der Waals surface area (Å²) in [5.41, 5.74) is 2.11. The molecule has 0 atom stereocenters. The van der Waals surface area contributed by atoms with Gasteiger partial charge in [0.2, 0.25) is 11.8 Å². The fourth-order valence-electron chi connectivity index (χ4n) is 3.28. The Bertz CT molecular complexity index is 956. The molecule has 1 amide bonds. The smallest absolute Gasteiger partial charge is 0.261 e. The highest BCUT2D eigenvalue weighted by molar-refractivity contribution is 6.05. The van der Waals surface area contributed by atoms with Gasteiger partial charge in [-0.25, -0.2) is 15.0 Å². The number of benzene rings is 1. The van der Waals surface area contributed by atoms with Crippen molar-refractivity contribution in [3.05, 3.63) is 66.6 Å². The van der Waals surface area contributed by atoms with E-state index in [9.17, 15) is 4.79 Å². The van der Waals surface area contributed by atoms with Crippen molar-refractivity contribution in [2.75, 3.05) is 48.4 Å². The molecule has 8 nitrogen and oxygen atoms in total. The van der Waals surface area contributed by atoms with Crippen molar-refractivity contribution in [3.8, 4) is 5.88 Å². The Morgan fingerprint density at radius 3 is 2.31 bits per heavy atom. The maximum Gasteiger partial charge on any atom is 0.261 e. The molecule has 1 aromatic carbocycles. The molecule has 1 saturated heterocycles. The number of nitrogens with zero attached hydrogens (tertiary/aromatic N) is 5. The van der Waals surface area contributed by atoms with Crippen molar-refractivity contribution in [3.63, 3.8) is 0 Å². The third kappa shape index (κ3) is 4.26. The molecule has 3 heterocycles. The molecule has 8 heteroatoms. The Hall–Kier alpha value is -3.68. The summed E-state index contributed by atoms with van der Waals surface area (Å²) in [6.07, 6.45) is 4.81. The zero-order valence-electron chi connectivity index (χ0n) is 16.2. The first kappa shape index (κ1) is 18.7. The van der Waals surface area contributed by atoms with E-state index >= 15 is 0 Å². The predicted molar refractivity (Wildman–Crippen MR) is 112 cm³/mol. The van der Waals surface area contributed by atoms with Crippen LogP contribution in [0.25, 0.3) is 0 Å². The fraction of sp³-hybridized carbons (Fsp3) is 0.238.